The Bertz CT molecular complexity index is 812. The van der Waals surface area contributed by atoms with E-state index in [0.29, 0.717) is 11.2 Å². The molecule has 0 amide bonds. The fourth-order valence-electron chi connectivity index (χ4n) is 2.99. The molecule has 3 heterocycles. The van der Waals surface area contributed by atoms with E-state index in [0.717, 1.165) is 29.8 Å². The molecule has 2 aromatic rings. The standard InChI is InChI=1S/C12H18N4O2S2/c1-3-15-11-10(8(2)14-15)13-12(19)16(11)9-5-4-6-20(17,18)7-9/h9H,3-7H2,1-2H3,(H,13,19). The zero-order chi connectivity index (χ0) is 14.5. The van der Waals surface area contributed by atoms with Crippen LogP contribution < -0.4 is 0 Å². The van der Waals surface area contributed by atoms with Crippen LogP contribution >= 0.6 is 12.2 Å². The van der Waals surface area contributed by atoms with E-state index in [1.165, 1.54) is 0 Å². The van der Waals surface area contributed by atoms with Crippen molar-refractivity contribution in [1.82, 2.24) is 19.3 Å². The largest absolute Gasteiger partial charge is 0.328 e. The zero-order valence-electron chi connectivity index (χ0n) is 11.6. The molecule has 0 aliphatic carbocycles. The molecule has 6 nitrogen and oxygen atoms in total. The van der Waals surface area contributed by atoms with Gasteiger partial charge in [-0.15, -0.1) is 0 Å². The molecule has 1 fully saturated rings. The van der Waals surface area contributed by atoms with Gasteiger partial charge in [-0.2, -0.15) is 5.10 Å². The minimum atomic E-state index is -2.97. The van der Waals surface area contributed by atoms with Crippen molar-refractivity contribution in [3.8, 4) is 0 Å². The number of H-pyrrole nitrogens is 1. The highest BCUT2D eigenvalue weighted by molar-refractivity contribution is 7.91. The van der Waals surface area contributed by atoms with Crippen LogP contribution in [0.2, 0.25) is 0 Å². The second-order valence-electron chi connectivity index (χ2n) is 5.31. The summed E-state index contributed by atoms with van der Waals surface area (Å²) in [6.07, 6.45) is 1.54. The van der Waals surface area contributed by atoms with Gasteiger partial charge in [-0.1, -0.05) is 0 Å². The average Bonchev–Trinajstić information content (AvgIpc) is 2.85. The number of imidazole rings is 1. The van der Waals surface area contributed by atoms with Gasteiger partial charge in [0.25, 0.3) is 0 Å². The molecule has 1 aliphatic heterocycles. The lowest BCUT2D eigenvalue weighted by atomic mass is 10.2. The Morgan fingerprint density at radius 1 is 1.50 bits per heavy atom. The minimum Gasteiger partial charge on any atom is -0.328 e. The topological polar surface area (TPSA) is 72.7 Å². The molecule has 0 bridgehead atoms. The molecule has 1 unspecified atom stereocenters. The summed E-state index contributed by atoms with van der Waals surface area (Å²) < 4.78 is 28.2. The summed E-state index contributed by atoms with van der Waals surface area (Å²) in [6.45, 7) is 4.68. The van der Waals surface area contributed by atoms with Gasteiger partial charge in [0, 0.05) is 6.54 Å². The van der Waals surface area contributed by atoms with Crippen molar-refractivity contribution in [3.63, 3.8) is 0 Å². The number of nitrogens with zero attached hydrogens (tertiary/aromatic N) is 3. The lowest BCUT2D eigenvalue weighted by Crippen LogP contribution is -2.28. The summed E-state index contributed by atoms with van der Waals surface area (Å²) in [5, 5.41) is 4.47. The van der Waals surface area contributed by atoms with Crippen LogP contribution in [-0.2, 0) is 16.4 Å². The first kappa shape index (κ1) is 13.8. The molecule has 1 saturated heterocycles. The molecule has 2 aromatic heterocycles. The van der Waals surface area contributed by atoms with E-state index >= 15 is 0 Å². The van der Waals surface area contributed by atoms with Crippen molar-refractivity contribution in [3.05, 3.63) is 10.5 Å². The number of aryl methyl sites for hydroxylation is 2. The first-order valence-corrected chi connectivity index (χ1v) is 9.04. The Kier molecular flexibility index (Phi) is 3.24. The fraction of sp³-hybridized carbons (Fsp3) is 0.667. The normalized spacial score (nSPS) is 22.4. The lowest BCUT2D eigenvalue weighted by Gasteiger charge is -2.23. The number of aromatic nitrogens is 4. The number of hydrogen-bond donors (Lipinski definition) is 1. The Balaban J connectivity index is 2.20. The van der Waals surface area contributed by atoms with Gasteiger partial charge < -0.3 is 4.98 Å². The number of sulfone groups is 1. The van der Waals surface area contributed by atoms with Crippen molar-refractivity contribution in [2.45, 2.75) is 39.3 Å². The maximum atomic E-state index is 11.9. The Labute approximate surface area is 122 Å². The Morgan fingerprint density at radius 2 is 2.25 bits per heavy atom. The van der Waals surface area contributed by atoms with Crippen molar-refractivity contribution in [2.24, 2.45) is 0 Å². The predicted octanol–water partition coefficient (Wildman–Crippen LogP) is 1.97. The van der Waals surface area contributed by atoms with Gasteiger partial charge in [0.2, 0.25) is 0 Å². The molecule has 3 rings (SSSR count). The summed E-state index contributed by atoms with van der Waals surface area (Å²) >= 11 is 5.40. The first-order chi connectivity index (χ1) is 9.43. The maximum absolute atomic E-state index is 11.9. The highest BCUT2D eigenvalue weighted by atomic mass is 32.2. The van der Waals surface area contributed by atoms with Crippen molar-refractivity contribution >= 4 is 33.2 Å². The zero-order valence-corrected chi connectivity index (χ0v) is 13.2. The van der Waals surface area contributed by atoms with E-state index in [1.54, 1.807) is 0 Å². The van der Waals surface area contributed by atoms with E-state index in [4.69, 9.17) is 12.2 Å². The molecule has 0 aromatic carbocycles. The quantitative estimate of drug-likeness (QED) is 0.860. The van der Waals surface area contributed by atoms with Gasteiger partial charge in [-0.05, 0) is 38.9 Å². The number of rotatable bonds is 2. The summed E-state index contributed by atoms with van der Waals surface area (Å²) in [4.78, 5) is 3.17. The predicted molar refractivity (Wildman–Crippen MR) is 80.2 cm³/mol. The van der Waals surface area contributed by atoms with E-state index in [2.05, 4.69) is 10.1 Å². The number of nitrogens with one attached hydrogen (secondary N) is 1. The third-order valence-electron chi connectivity index (χ3n) is 3.88. The Hall–Kier alpha value is -1.15. The van der Waals surface area contributed by atoms with Gasteiger partial charge in [-0.3, -0.25) is 4.57 Å². The van der Waals surface area contributed by atoms with Gasteiger partial charge in [0.05, 0.1) is 23.2 Å². The molecule has 1 N–H and O–H groups in total. The summed E-state index contributed by atoms with van der Waals surface area (Å²) in [7, 11) is -2.97. The van der Waals surface area contributed by atoms with Crippen LogP contribution in [0, 0.1) is 11.7 Å². The van der Waals surface area contributed by atoms with Gasteiger partial charge in [-0.25, -0.2) is 13.1 Å². The molecular weight excluding hydrogens is 296 g/mol. The molecule has 0 saturated carbocycles. The highest BCUT2D eigenvalue weighted by Gasteiger charge is 2.29. The lowest BCUT2D eigenvalue weighted by molar-refractivity contribution is 0.466. The molecule has 20 heavy (non-hydrogen) atoms. The SMILES string of the molecule is CCn1nc(C)c2[nH]c(=S)n(C3CCCS(=O)(=O)C3)c21. The third-order valence-corrected chi connectivity index (χ3v) is 5.99. The highest BCUT2D eigenvalue weighted by Crippen LogP contribution is 2.28. The number of hydrogen-bond acceptors (Lipinski definition) is 4. The van der Waals surface area contributed by atoms with Gasteiger partial charge in [0.15, 0.2) is 20.3 Å². The molecule has 1 atom stereocenters. The smallest absolute Gasteiger partial charge is 0.179 e. The third kappa shape index (κ3) is 2.10. The number of fused-ring (bicyclic) bond motifs is 1. The van der Waals surface area contributed by atoms with Gasteiger partial charge >= 0.3 is 0 Å². The fourth-order valence-corrected chi connectivity index (χ4v) is 5.00. The molecule has 1 aliphatic rings. The second-order valence-corrected chi connectivity index (χ2v) is 7.93. The molecule has 0 radical (unpaired) electrons. The first-order valence-electron chi connectivity index (χ1n) is 6.81. The van der Waals surface area contributed by atoms with Gasteiger partial charge in [0.1, 0.15) is 5.52 Å². The van der Waals surface area contributed by atoms with E-state index in [-0.39, 0.29) is 17.5 Å². The van der Waals surface area contributed by atoms with Crippen LogP contribution in [0.4, 0.5) is 0 Å². The number of aromatic amines is 1. The molecule has 110 valence electrons. The van der Waals surface area contributed by atoms with E-state index in [9.17, 15) is 8.42 Å². The second kappa shape index (κ2) is 4.70. The summed E-state index contributed by atoms with van der Waals surface area (Å²) in [5.74, 6) is 0.457. The van der Waals surface area contributed by atoms with Crippen LogP contribution in [0.5, 0.6) is 0 Å². The summed E-state index contributed by atoms with van der Waals surface area (Å²) in [5.41, 5.74) is 2.72. The van der Waals surface area contributed by atoms with Crippen LogP contribution in [-0.4, -0.2) is 39.3 Å². The van der Waals surface area contributed by atoms with Crippen LogP contribution in [0.3, 0.4) is 0 Å². The van der Waals surface area contributed by atoms with Crippen LogP contribution in [0.25, 0.3) is 11.2 Å². The van der Waals surface area contributed by atoms with Crippen molar-refractivity contribution < 1.29 is 8.42 Å². The Morgan fingerprint density at radius 3 is 2.90 bits per heavy atom. The maximum Gasteiger partial charge on any atom is 0.179 e. The summed E-state index contributed by atoms with van der Waals surface area (Å²) in [6, 6.07) is -0.0867. The molecular formula is C12H18N4O2S2. The molecule has 0 spiro atoms. The molecule has 8 heteroatoms. The monoisotopic (exact) mass is 314 g/mol. The van der Waals surface area contributed by atoms with E-state index in [1.807, 2.05) is 23.1 Å². The van der Waals surface area contributed by atoms with Crippen LogP contribution in [0.15, 0.2) is 0 Å². The van der Waals surface area contributed by atoms with Crippen LogP contribution in [0.1, 0.15) is 31.5 Å². The van der Waals surface area contributed by atoms with E-state index < -0.39 is 9.84 Å². The van der Waals surface area contributed by atoms with Crippen molar-refractivity contribution in [2.75, 3.05) is 11.5 Å². The minimum absolute atomic E-state index is 0.0867. The van der Waals surface area contributed by atoms with Crippen molar-refractivity contribution in [1.29, 1.82) is 0 Å². The average molecular weight is 314 g/mol.